The third-order valence-electron chi connectivity index (χ3n) is 3.29. The molecule has 1 aliphatic carbocycles. The number of aromatic nitrogens is 1. The van der Waals surface area contributed by atoms with Crippen LogP contribution in [0.15, 0.2) is 42.7 Å². The van der Waals surface area contributed by atoms with Gasteiger partial charge in [0.2, 0.25) is 0 Å². The maximum atomic E-state index is 12.3. The van der Waals surface area contributed by atoms with Gasteiger partial charge < -0.3 is 4.74 Å². The van der Waals surface area contributed by atoms with Crippen molar-refractivity contribution < 1.29 is 14.3 Å². The summed E-state index contributed by atoms with van der Waals surface area (Å²) in [6.07, 6.45) is 3.08. The second-order valence-corrected chi connectivity index (χ2v) is 4.37. The van der Waals surface area contributed by atoms with Crippen molar-refractivity contribution in [1.29, 1.82) is 0 Å². The van der Waals surface area contributed by atoms with Crippen LogP contribution in [0.2, 0.25) is 0 Å². The Hall–Kier alpha value is -2.49. The van der Waals surface area contributed by atoms with Gasteiger partial charge in [0.05, 0.1) is 13.3 Å². The number of hydrogen-bond acceptors (Lipinski definition) is 4. The summed E-state index contributed by atoms with van der Waals surface area (Å²) >= 11 is 0. The molecule has 1 aromatic heterocycles. The molecular weight excluding hydrogens is 242 g/mol. The van der Waals surface area contributed by atoms with Crippen LogP contribution in [0.25, 0.3) is 0 Å². The lowest BCUT2D eigenvalue weighted by Gasteiger charge is -2.08. The van der Waals surface area contributed by atoms with Crippen LogP contribution in [0.5, 0.6) is 5.75 Å². The van der Waals surface area contributed by atoms with E-state index in [-0.39, 0.29) is 11.6 Å². The van der Waals surface area contributed by atoms with E-state index < -0.39 is 5.92 Å². The first kappa shape index (κ1) is 11.6. The quantitative estimate of drug-likeness (QED) is 0.770. The molecule has 0 saturated heterocycles. The monoisotopic (exact) mass is 253 g/mol. The smallest absolute Gasteiger partial charge is 0.178 e. The van der Waals surface area contributed by atoms with Crippen molar-refractivity contribution in [3.63, 3.8) is 0 Å². The minimum atomic E-state index is -0.792. The number of methoxy groups -OCH3 is 1. The molecule has 0 spiro atoms. The first-order chi connectivity index (χ1) is 9.22. The van der Waals surface area contributed by atoms with E-state index in [1.807, 2.05) is 0 Å². The molecule has 0 unspecified atom stereocenters. The summed E-state index contributed by atoms with van der Waals surface area (Å²) in [5.41, 5.74) is 1.55. The summed E-state index contributed by atoms with van der Waals surface area (Å²) in [6.45, 7) is 0. The number of benzene rings is 1. The molecule has 0 fully saturated rings. The normalized spacial score (nSPS) is 14.6. The van der Waals surface area contributed by atoms with Gasteiger partial charge in [0.1, 0.15) is 11.7 Å². The van der Waals surface area contributed by atoms with E-state index in [2.05, 4.69) is 4.98 Å². The molecule has 0 bridgehead atoms. The van der Waals surface area contributed by atoms with Gasteiger partial charge in [-0.15, -0.1) is 0 Å². The molecule has 0 N–H and O–H groups in total. The first-order valence-electron chi connectivity index (χ1n) is 5.89. The van der Waals surface area contributed by atoms with Crippen LogP contribution < -0.4 is 4.74 Å². The molecule has 0 amide bonds. The minimum absolute atomic E-state index is 0.171. The zero-order valence-corrected chi connectivity index (χ0v) is 10.3. The van der Waals surface area contributed by atoms with Crippen molar-refractivity contribution in [3.05, 3.63) is 59.4 Å². The minimum Gasteiger partial charge on any atom is -0.495 e. The summed E-state index contributed by atoms with van der Waals surface area (Å²) in [5.74, 6) is -0.597. The van der Waals surface area contributed by atoms with Gasteiger partial charge in [-0.2, -0.15) is 0 Å². The summed E-state index contributed by atoms with van der Waals surface area (Å²) in [5, 5.41) is 0. The Kier molecular flexibility index (Phi) is 2.63. The third kappa shape index (κ3) is 1.73. The number of carbonyl (C=O) groups is 2. The molecule has 0 aliphatic heterocycles. The van der Waals surface area contributed by atoms with E-state index in [1.54, 1.807) is 36.5 Å². The molecular formula is C15H11NO3. The largest absolute Gasteiger partial charge is 0.495 e. The molecule has 4 heteroatoms. The average molecular weight is 253 g/mol. The van der Waals surface area contributed by atoms with E-state index in [0.717, 1.165) is 0 Å². The Morgan fingerprint density at radius 3 is 2.26 bits per heavy atom. The molecule has 1 heterocycles. The van der Waals surface area contributed by atoms with E-state index in [9.17, 15) is 9.59 Å². The molecule has 1 aromatic carbocycles. The van der Waals surface area contributed by atoms with Crippen molar-refractivity contribution in [1.82, 2.24) is 4.98 Å². The van der Waals surface area contributed by atoms with E-state index in [0.29, 0.717) is 22.4 Å². The van der Waals surface area contributed by atoms with Gasteiger partial charge in [0.15, 0.2) is 11.6 Å². The standard InChI is InChI=1S/C15H11NO3/c1-19-10-6-9(7-16-8-10)13-14(17)11-4-2-3-5-12(11)15(13)18/h2-8,13H,1H3. The van der Waals surface area contributed by atoms with E-state index in [4.69, 9.17) is 4.74 Å². The SMILES string of the molecule is COc1cncc(C2C(=O)c3ccccc3C2=O)c1. The zero-order valence-electron chi connectivity index (χ0n) is 10.3. The molecule has 0 atom stereocenters. The van der Waals surface area contributed by atoms with Crippen molar-refractivity contribution >= 4 is 11.6 Å². The van der Waals surface area contributed by atoms with E-state index in [1.165, 1.54) is 13.3 Å². The van der Waals surface area contributed by atoms with Crippen LogP contribution in [-0.4, -0.2) is 23.7 Å². The summed E-state index contributed by atoms with van der Waals surface area (Å²) < 4.78 is 5.08. The van der Waals surface area contributed by atoms with Crippen LogP contribution in [-0.2, 0) is 0 Å². The Morgan fingerprint density at radius 2 is 1.68 bits per heavy atom. The molecule has 94 valence electrons. The number of nitrogens with zero attached hydrogens (tertiary/aromatic N) is 1. The summed E-state index contributed by atoms with van der Waals surface area (Å²) in [6, 6.07) is 8.57. The molecule has 1 aliphatic rings. The molecule has 3 rings (SSSR count). The second kappa shape index (κ2) is 4.31. The van der Waals surface area contributed by atoms with E-state index >= 15 is 0 Å². The number of Topliss-reactive ketones (excluding diaryl/α,β-unsaturated/α-hetero) is 2. The molecule has 0 saturated carbocycles. The van der Waals surface area contributed by atoms with Gasteiger partial charge in [0.25, 0.3) is 0 Å². The molecule has 4 nitrogen and oxygen atoms in total. The Labute approximate surface area is 110 Å². The van der Waals surface area contributed by atoms with Gasteiger partial charge in [-0.1, -0.05) is 24.3 Å². The fourth-order valence-electron chi connectivity index (χ4n) is 2.35. The number of carbonyl (C=O) groups excluding carboxylic acids is 2. The number of rotatable bonds is 2. The second-order valence-electron chi connectivity index (χ2n) is 4.37. The highest BCUT2D eigenvalue weighted by Gasteiger charge is 2.39. The van der Waals surface area contributed by atoms with Gasteiger partial charge >= 0.3 is 0 Å². The third-order valence-corrected chi connectivity index (χ3v) is 3.29. The number of ketones is 2. The van der Waals surface area contributed by atoms with Crippen molar-refractivity contribution in [3.8, 4) is 5.75 Å². The first-order valence-corrected chi connectivity index (χ1v) is 5.89. The van der Waals surface area contributed by atoms with Crippen LogP contribution in [0.1, 0.15) is 32.2 Å². The lowest BCUT2D eigenvalue weighted by atomic mass is 9.96. The Balaban J connectivity index is 2.08. The molecule has 2 aromatic rings. The highest BCUT2D eigenvalue weighted by Crippen LogP contribution is 2.34. The van der Waals surface area contributed by atoms with Crippen LogP contribution in [0, 0.1) is 0 Å². The maximum Gasteiger partial charge on any atom is 0.178 e. The summed E-state index contributed by atoms with van der Waals surface area (Å²) in [4.78, 5) is 28.6. The van der Waals surface area contributed by atoms with Crippen molar-refractivity contribution in [2.24, 2.45) is 0 Å². The highest BCUT2D eigenvalue weighted by molar-refractivity contribution is 6.29. The van der Waals surface area contributed by atoms with Gasteiger partial charge in [-0.3, -0.25) is 14.6 Å². The molecule has 19 heavy (non-hydrogen) atoms. The highest BCUT2D eigenvalue weighted by atomic mass is 16.5. The number of ether oxygens (including phenoxy) is 1. The average Bonchev–Trinajstić information content (AvgIpc) is 2.72. The number of fused-ring (bicyclic) bond motifs is 1. The van der Waals surface area contributed by atoms with Crippen molar-refractivity contribution in [2.45, 2.75) is 5.92 Å². The van der Waals surface area contributed by atoms with Crippen LogP contribution >= 0.6 is 0 Å². The maximum absolute atomic E-state index is 12.3. The fraction of sp³-hybridized carbons (Fsp3) is 0.133. The fourth-order valence-corrected chi connectivity index (χ4v) is 2.35. The predicted octanol–water partition coefficient (Wildman–Crippen LogP) is 2.25. The number of hydrogen-bond donors (Lipinski definition) is 0. The van der Waals surface area contributed by atoms with Crippen molar-refractivity contribution in [2.75, 3.05) is 7.11 Å². The summed E-state index contributed by atoms with van der Waals surface area (Å²) in [7, 11) is 1.52. The Morgan fingerprint density at radius 1 is 1.05 bits per heavy atom. The van der Waals surface area contributed by atoms with Crippen LogP contribution in [0.4, 0.5) is 0 Å². The molecule has 0 radical (unpaired) electrons. The van der Waals surface area contributed by atoms with Crippen LogP contribution in [0.3, 0.4) is 0 Å². The lowest BCUT2D eigenvalue weighted by molar-refractivity contribution is 0.0890. The Bertz CT molecular complexity index is 644. The zero-order chi connectivity index (χ0) is 13.4. The van der Waals surface area contributed by atoms with Gasteiger partial charge in [-0.05, 0) is 11.6 Å². The predicted molar refractivity (Wildman–Crippen MR) is 68.6 cm³/mol. The topological polar surface area (TPSA) is 56.3 Å². The van der Waals surface area contributed by atoms with Gasteiger partial charge in [-0.25, -0.2) is 0 Å². The number of pyridine rings is 1. The van der Waals surface area contributed by atoms with Gasteiger partial charge in [0, 0.05) is 17.3 Å². The lowest BCUT2D eigenvalue weighted by Crippen LogP contribution is -2.13.